The van der Waals surface area contributed by atoms with Crippen molar-refractivity contribution in [2.24, 2.45) is 0 Å². The van der Waals surface area contributed by atoms with E-state index in [2.05, 4.69) is 9.61 Å². The molecule has 0 spiro atoms. The highest BCUT2D eigenvalue weighted by Gasteiger charge is 2.15. The van der Waals surface area contributed by atoms with Gasteiger partial charge >= 0.3 is 5.97 Å². The van der Waals surface area contributed by atoms with E-state index in [1.165, 1.54) is 0 Å². The molecule has 18 heavy (non-hydrogen) atoms. The van der Waals surface area contributed by atoms with E-state index < -0.39 is 34.6 Å². The maximum Gasteiger partial charge on any atom is 0.306 e. The second-order valence-corrected chi connectivity index (χ2v) is 5.90. The Labute approximate surface area is 106 Å². The Morgan fingerprint density at radius 3 is 2.56 bits per heavy atom. The number of aliphatic hydroxyl groups is 1. The summed E-state index contributed by atoms with van der Waals surface area (Å²) in [6.07, 6.45) is -1.56. The molecule has 0 amide bonds. The number of hydrogen-bond donors (Lipinski definition) is 4. The molecule has 108 valence electrons. The molecule has 0 saturated heterocycles. The number of nitrogens with one attached hydrogen (secondary N) is 1. The van der Waals surface area contributed by atoms with Gasteiger partial charge < -0.3 is 10.2 Å². The quantitative estimate of drug-likeness (QED) is 0.311. The molecule has 0 aliphatic rings. The van der Waals surface area contributed by atoms with Gasteiger partial charge in [-0.25, -0.2) is 18.0 Å². The first-order valence-electron chi connectivity index (χ1n) is 5.44. The van der Waals surface area contributed by atoms with Crippen molar-refractivity contribution in [1.82, 2.24) is 4.72 Å². The molecule has 0 heterocycles. The lowest BCUT2D eigenvalue weighted by Gasteiger charge is -2.11. The van der Waals surface area contributed by atoms with Gasteiger partial charge in [-0.15, -0.1) is 0 Å². The number of carbonyl (C=O) groups is 1. The first kappa shape index (κ1) is 17.3. The van der Waals surface area contributed by atoms with Crippen LogP contribution in [0.5, 0.6) is 0 Å². The highest BCUT2D eigenvalue weighted by Crippen LogP contribution is 2.02. The van der Waals surface area contributed by atoms with Crippen molar-refractivity contribution >= 4 is 16.0 Å². The molecule has 9 heteroatoms. The molecule has 0 aromatic heterocycles. The van der Waals surface area contributed by atoms with E-state index >= 15 is 0 Å². The van der Waals surface area contributed by atoms with E-state index in [0.717, 1.165) is 0 Å². The summed E-state index contributed by atoms with van der Waals surface area (Å²) in [6.45, 7) is 1.26. The molecule has 0 fully saturated rings. The van der Waals surface area contributed by atoms with Gasteiger partial charge in [0.1, 0.15) is 0 Å². The lowest BCUT2D eigenvalue weighted by Crippen LogP contribution is -2.34. The highest BCUT2D eigenvalue weighted by molar-refractivity contribution is 7.89. The monoisotopic (exact) mass is 285 g/mol. The summed E-state index contributed by atoms with van der Waals surface area (Å²) in [7, 11) is -3.56. The maximum atomic E-state index is 11.4. The van der Waals surface area contributed by atoms with Crippen LogP contribution in [0.15, 0.2) is 0 Å². The molecule has 0 bridgehead atoms. The molecule has 2 unspecified atom stereocenters. The summed E-state index contributed by atoms with van der Waals surface area (Å²) < 4.78 is 24.9. The van der Waals surface area contributed by atoms with Crippen molar-refractivity contribution in [1.29, 1.82) is 0 Å². The fourth-order valence-corrected chi connectivity index (χ4v) is 2.32. The Kier molecular flexibility index (Phi) is 8.03. The van der Waals surface area contributed by atoms with Crippen molar-refractivity contribution in [2.75, 3.05) is 12.3 Å². The van der Waals surface area contributed by atoms with Gasteiger partial charge in [-0.05, 0) is 19.8 Å². The average molecular weight is 285 g/mol. The minimum atomic E-state index is -3.56. The van der Waals surface area contributed by atoms with Crippen LogP contribution in [-0.4, -0.2) is 54.4 Å². The molecule has 8 nitrogen and oxygen atoms in total. The van der Waals surface area contributed by atoms with Crippen molar-refractivity contribution in [3.63, 3.8) is 0 Å². The van der Waals surface area contributed by atoms with Crippen molar-refractivity contribution < 1.29 is 33.6 Å². The van der Waals surface area contributed by atoms with Gasteiger partial charge in [-0.3, -0.25) is 10.1 Å². The topological polar surface area (TPSA) is 133 Å². The number of rotatable bonds is 10. The third kappa shape index (κ3) is 9.31. The van der Waals surface area contributed by atoms with Crippen molar-refractivity contribution in [3.05, 3.63) is 0 Å². The van der Waals surface area contributed by atoms with E-state index in [0.29, 0.717) is 6.42 Å². The molecule has 0 aromatic rings. The zero-order valence-electron chi connectivity index (χ0n) is 10.1. The fourth-order valence-electron chi connectivity index (χ4n) is 1.18. The molecule has 0 radical (unpaired) electrons. The van der Waals surface area contributed by atoms with Gasteiger partial charge in [0.05, 0.1) is 24.4 Å². The van der Waals surface area contributed by atoms with Crippen molar-refractivity contribution in [3.8, 4) is 0 Å². The zero-order valence-corrected chi connectivity index (χ0v) is 10.9. The van der Waals surface area contributed by atoms with E-state index in [-0.39, 0.29) is 18.7 Å². The van der Waals surface area contributed by atoms with Crippen molar-refractivity contribution in [2.45, 2.75) is 38.4 Å². The number of carboxylic acids is 1. The Morgan fingerprint density at radius 2 is 2.06 bits per heavy atom. The van der Waals surface area contributed by atoms with Crippen LogP contribution in [-0.2, 0) is 19.7 Å². The maximum absolute atomic E-state index is 11.4. The molecule has 0 rings (SSSR count). The Hall–Kier alpha value is -0.740. The molecular formula is C9H19NO7S. The first-order chi connectivity index (χ1) is 8.26. The standard InChI is InChI=1S/C9H19NO7S/c1-7(17-14)3-2-4-18(15,16)10-6-8(11)5-9(12)13/h7-8,10-11,14H,2-6H2,1H3,(H,12,13). The summed E-state index contributed by atoms with van der Waals surface area (Å²) in [4.78, 5) is 14.2. The van der Waals surface area contributed by atoms with Crippen LogP contribution in [0.1, 0.15) is 26.2 Å². The minimum Gasteiger partial charge on any atom is -0.481 e. The number of aliphatic hydroxyl groups excluding tert-OH is 1. The summed E-state index contributed by atoms with van der Waals surface area (Å²) in [5.41, 5.74) is 0. The highest BCUT2D eigenvalue weighted by atomic mass is 32.2. The van der Waals surface area contributed by atoms with Crippen LogP contribution in [0, 0.1) is 0 Å². The predicted molar refractivity (Wildman–Crippen MR) is 62.5 cm³/mol. The van der Waals surface area contributed by atoms with Crippen LogP contribution < -0.4 is 4.72 Å². The van der Waals surface area contributed by atoms with Gasteiger partial charge in [0.25, 0.3) is 0 Å². The Morgan fingerprint density at radius 1 is 1.44 bits per heavy atom. The summed E-state index contributed by atoms with van der Waals surface area (Å²) in [5, 5.41) is 25.8. The summed E-state index contributed by atoms with van der Waals surface area (Å²) >= 11 is 0. The van der Waals surface area contributed by atoms with Gasteiger partial charge in [-0.2, -0.15) is 0 Å². The zero-order chi connectivity index (χ0) is 14.2. The van der Waals surface area contributed by atoms with Gasteiger partial charge in [0.15, 0.2) is 0 Å². The molecule has 0 aliphatic carbocycles. The minimum absolute atomic E-state index is 0.180. The number of aliphatic carboxylic acids is 1. The second-order valence-electron chi connectivity index (χ2n) is 3.98. The first-order valence-corrected chi connectivity index (χ1v) is 7.09. The predicted octanol–water partition coefficient (Wildman–Crippen LogP) is -0.600. The number of carboxylic acid groups (broad SMARTS) is 1. The fraction of sp³-hybridized carbons (Fsp3) is 0.889. The van der Waals surface area contributed by atoms with Gasteiger partial charge in [0.2, 0.25) is 10.0 Å². The normalized spacial score (nSPS) is 15.3. The van der Waals surface area contributed by atoms with Crippen LogP contribution in [0.25, 0.3) is 0 Å². The number of hydrogen-bond acceptors (Lipinski definition) is 6. The number of sulfonamides is 1. The van der Waals surface area contributed by atoms with Crippen LogP contribution in [0.4, 0.5) is 0 Å². The molecule has 0 aliphatic heterocycles. The van der Waals surface area contributed by atoms with E-state index in [4.69, 9.17) is 10.4 Å². The molecule has 4 N–H and O–H groups in total. The Balaban J connectivity index is 3.90. The SMILES string of the molecule is CC(CCCS(=O)(=O)NCC(O)CC(=O)O)OO. The third-order valence-corrected chi connectivity index (χ3v) is 3.59. The smallest absolute Gasteiger partial charge is 0.306 e. The molecular weight excluding hydrogens is 266 g/mol. The van der Waals surface area contributed by atoms with E-state index in [1.807, 2.05) is 0 Å². The summed E-state index contributed by atoms with van der Waals surface area (Å²) in [5.74, 6) is -1.38. The summed E-state index contributed by atoms with van der Waals surface area (Å²) in [6, 6.07) is 0. The third-order valence-electron chi connectivity index (χ3n) is 2.15. The largest absolute Gasteiger partial charge is 0.481 e. The van der Waals surface area contributed by atoms with Gasteiger partial charge in [0, 0.05) is 6.54 Å². The van der Waals surface area contributed by atoms with Gasteiger partial charge in [-0.1, -0.05) is 0 Å². The molecule has 2 atom stereocenters. The Bertz CT molecular complexity index is 343. The van der Waals surface area contributed by atoms with E-state index in [9.17, 15) is 18.3 Å². The van der Waals surface area contributed by atoms with Crippen LogP contribution >= 0.6 is 0 Å². The second kappa shape index (κ2) is 8.38. The molecule has 0 saturated carbocycles. The van der Waals surface area contributed by atoms with Crippen LogP contribution in [0.2, 0.25) is 0 Å². The van der Waals surface area contributed by atoms with Crippen LogP contribution in [0.3, 0.4) is 0 Å². The molecule has 0 aromatic carbocycles. The van der Waals surface area contributed by atoms with E-state index in [1.54, 1.807) is 6.92 Å². The lowest BCUT2D eigenvalue weighted by atomic mass is 10.2. The average Bonchev–Trinajstić information content (AvgIpc) is 2.25. The lowest BCUT2D eigenvalue weighted by molar-refractivity contribution is -0.274.